The van der Waals surface area contributed by atoms with Crippen LogP contribution in [-0.4, -0.2) is 20.4 Å². The molecule has 1 amide bonds. The van der Waals surface area contributed by atoms with Gasteiger partial charge < -0.3 is 5.32 Å². The van der Waals surface area contributed by atoms with Crippen LogP contribution in [0.5, 0.6) is 0 Å². The van der Waals surface area contributed by atoms with E-state index in [0.717, 1.165) is 23.4 Å². The lowest BCUT2D eigenvalue weighted by Gasteiger charge is -2.12. The van der Waals surface area contributed by atoms with Crippen molar-refractivity contribution >= 4 is 33.1 Å². The number of aromatic nitrogens is 3. The highest BCUT2D eigenvalue weighted by Crippen LogP contribution is 2.19. The summed E-state index contributed by atoms with van der Waals surface area (Å²) in [6.07, 6.45) is 3.86. The summed E-state index contributed by atoms with van der Waals surface area (Å²) in [4.78, 5) is 33.8. The number of hydrogen-bond donors (Lipinski definition) is 1. The van der Waals surface area contributed by atoms with E-state index in [-0.39, 0.29) is 18.0 Å². The zero-order chi connectivity index (χ0) is 16.4. The van der Waals surface area contributed by atoms with Crippen LogP contribution in [0.3, 0.4) is 0 Å². The Balaban J connectivity index is 1.84. The number of fused-ring (bicyclic) bond motifs is 1. The SMILES string of the molecule is CCc1nccc(C)c1NC(=O)Cn1cnc2sccc2c1=O. The molecule has 6 nitrogen and oxygen atoms in total. The molecule has 0 saturated carbocycles. The van der Waals surface area contributed by atoms with Crippen molar-refractivity contribution in [3.8, 4) is 0 Å². The summed E-state index contributed by atoms with van der Waals surface area (Å²) in [5.74, 6) is -0.269. The summed E-state index contributed by atoms with van der Waals surface area (Å²) in [5.41, 5.74) is 2.30. The van der Waals surface area contributed by atoms with Crippen molar-refractivity contribution in [3.63, 3.8) is 0 Å². The van der Waals surface area contributed by atoms with Gasteiger partial charge in [-0.25, -0.2) is 4.98 Å². The van der Waals surface area contributed by atoms with Crippen molar-refractivity contribution in [2.24, 2.45) is 0 Å². The second kappa shape index (κ2) is 6.29. The van der Waals surface area contributed by atoms with Gasteiger partial charge in [-0.05, 0) is 36.4 Å². The molecule has 0 bridgehead atoms. The number of amides is 1. The molecular formula is C16H16N4O2S. The van der Waals surface area contributed by atoms with Gasteiger partial charge in [0, 0.05) is 6.20 Å². The second-order valence-electron chi connectivity index (χ2n) is 5.17. The van der Waals surface area contributed by atoms with Gasteiger partial charge in [0.05, 0.1) is 23.1 Å². The largest absolute Gasteiger partial charge is 0.323 e. The average Bonchev–Trinajstić information content (AvgIpc) is 3.01. The van der Waals surface area contributed by atoms with Crippen LogP contribution in [0.15, 0.2) is 34.8 Å². The molecule has 0 aliphatic carbocycles. The number of thiophene rings is 1. The Bertz CT molecular complexity index is 929. The van der Waals surface area contributed by atoms with E-state index >= 15 is 0 Å². The maximum Gasteiger partial charge on any atom is 0.262 e. The van der Waals surface area contributed by atoms with E-state index < -0.39 is 0 Å². The zero-order valence-electron chi connectivity index (χ0n) is 12.9. The first-order valence-electron chi connectivity index (χ1n) is 7.27. The molecule has 0 radical (unpaired) electrons. The molecule has 7 heteroatoms. The lowest BCUT2D eigenvalue weighted by Crippen LogP contribution is -2.28. The van der Waals surface area contributed by atoms with Gasteiger partial charge >= 0.3 is 0 Å². The molecule has 23 heavy (non-hydrogen) atoms. The number of carbonyl (C=O) groups excluding carboxylic acids is 1. The summed E-state index contributed by atoms with van der Waals surface area (Å²) in [5, 5.41) is 5.22. The highest BCUT2D eigenvalue weighted by molar-refractivity contribution is 7.16. The number of hydrogen-bond acceptors (Lipinski definition) is 5. The normalized spacial score (nSPS) is 10.9. The van der Waals surface area contributed by atoms with E-state index in [9.17, 15) is 9.59 Å². The van der Waals surface area contributed by atoms with Gasteiger partial charge in [0.1, 0.15) is 11.4 Å². The van der Waals surface area contributed by atoms with E-state index in [2.05, 4.69) is 15.3 Å². The molecule has 0 aliphatic rings. The van der Waals surface area contributed by atoms with E-state index in [4.69, 9.17) is 0 Å². The summed E-state index contributed by atoms with van der Waals surface area (Å²) < 4.78 is 1.32. The Labute approximate surface area is 136 Å². The Kier molecular flexibility index (Phi) is 4.20. The van der Waals surface area contributed by atoms with Gasteiger partial charge in [-0.2, -0.15) is 0 Å². The molecule has 0 saturated heterocycles. The minimum Gasteiger partial charge on any atom is -0.323 e. The van der Waals surface area contributed by atoms with Crippen molar-refractivity contribution in [2.75, 3.05) is 5.32 Å². The lowest BCUT2D eigenvalue weighted by atomic mass is 10.1. The molecule has 0 atom stereocenters. The van der Waals surface area contributed by atoms with Crippen LogP contribution in [0.2, 0.25) is 0 Å². The van der Waals surface area contributed by atoms with Crippen molar-refractivity contribution in [3.05, 3.63) is 51.6 Å². The maximum atomic E-state index is 12.3. The molecule has 0 aliphatic heterocycles. The number of aryl methyl sites for hydroxylation is 2. The Morgan fingerprint density at radius 1 is 1.35 bits per heavy atom. The second-order valence-corrected chi connectivity index (χ2v) is 6.06. The fourth-order valence-electron chi connectivity index (χ4n) is 2.39. The van der Waals surface area contributed by atoms with E-state index in [0.29, 0.717) is 10.2 Å². The standard InChI is InChI=1S/C16H16N4O2S/c1-3-12-14(10(2)4-6-17-12)19-13(21)8-20-9-18-15-11(16(20)22)5-7-23-15/h4-7,9H,3,8H2,1-2H3,(H,19,21). The number of nitrogens with one attached hydrogen (secondary N) is 1. The van der Waals surface area contributed by atoms with Gasteiger partial charge in [-0.3, -0.25) is 19.1 Å². The number of nitrogens with zero attached hydrogens (tertiary/aromatic N) is 3. The van der Waals surface area contributed by atoms with E-state index in [1.807, 2.05) is 25.3 Å². The molecule has 0 spiro atoms. The van der Waals surface area contributed by atoms with Gasteiger partial charge in [0.15, 0.2) is 0 Å². The predicted octanol–water partition coefficient (Wildman–Crippen LogP) is 2.36. The summed E-state index contributed by atoms with van der Waals surface area (Å²) in [6.45, 7) is 3.83. The van der Waals surface area contributed by atoms with Crippen molar-refractivity contribution in [1.29, 1.82) is 0 Å². The van der Waals surface area contributed by atoms with Crippen LogP contribution in [-0.2, 0) is 17.8 Å². The third-order valence-corrected chi connectivity index (χ3v) is 4.42. The summed E-state index contributed by atoms with van der Waals surface area (Å²) >= 11 is 1.41. The van der Waals surface area contributed by atoms with Crippen LogP contribution >= 0.6 is 11.3 Å². The quantitative estimate of drug-likeness (QED) is 0.797. The van der Waals surface area contributed by atoms with Crippen LogP contribution in [0.1, 0.15) is 18.2 Å². The first-order chi connectivity index (χ1) is 11.1. The lowest BCUT2D eigenvalue weighted by molar-refractivity contribution is -0.116. The predicted molar refractivity (Wildman–Crippen MR) is 90.9 cm³/mol. The van der Waals surface area contributed by atoms with Gasteiger partial charge in [-0.1, -0.05) is 6.92 Å². The highest BCUT2D eigenvalue weighted by atomic mass is 32.1. The average molecular weight is 328 g/mol. The third-order valence-electron chi connectivity index (χ3n) is 3.60. The summed E-state index contributed by atoms with van der Waals surface area (Å²) in [6, 6.07) is 3.57. The minimum absolute atomic E-state index is 0.0743. The topological polar surface area (TPSA) is 76.9 Å². The number of pyridine rings is 1. The van der Waals surface area contributed by atoms with Crippen LogP contribution in [0.25, 0.3) is 10.2 Å². The molecule has 118 valence electrons. The van der Waals surface area contributed by atoms with Crippen LogP contribution in [0, 0.1) is 6.92 Å². The van der Waals surface area contributed by atoms with Crippen LogP contribution < -0.4 is 10.9 Å². The molecule has 1 N–H and O–H groups in total. The summed E-state index contributed by atoms with van der Waals surface area (Å²) in [7, 11) is 0. The molecular weight excluding hydrogens is 312 g/mol. The Hall–Kier alpha value is -2.54. The molecule has 0 fully saturated rings. The highest BCUT2D eigenvalue weighted by Gasteiger charge is 2.12. The maximum absolute atomic E-state index is 12.3. The molecule has 3 aromatic heterocycles. The van der Waals surface area contributed by atoms with Crippen molar-refractivity contribution < 1.29 is 4.79 Å². The number of rotatable bonds is 4. The van der Waals surface area contributed by atoms with E-state index in [1.54, 1.807) is 12.3 Å². The molecule has 3 heterocycles. The fraction of sp³-hybridized carbons (Fsp3) is 0.250. The monoisotopic (exact) mass is 328 g/mol. The van der Waals surface area contributed by atoms with Crippen molar-refractivity contribution in [1.82, 2.24) is 14.5 Å². The van der Waals surface area contributed by atoms with Gasteiger partial charge in [0.25, 0.3) is 5.56 Å². The van der Waals surface area contributed by atoms with Gasteiger partial charge in [-0.15, -0.1) is 11.3 Å². The van der Waals surface area contributed by atoms with E-state index in [1.165, 1.54) is 22.2 Å². The van der Waals surface area contributed by atoms with Gasteiger partial charge in [0.2, 0.25) is 5.91 Å². The smallest absolute Gasteiger partial charge is 0.262 e. The Morgan fingerprint density at radius 3 is 2.96 bits per heavy atom. The molecule has 0 unspecified atom stereocenters. The minimum atomic E-state index is -0.269. The molecule has 3 rings (SSSR count). The van der Waals surface area contributed by atoms with Crippen LogP contribution in [0.4, 0.5) is 5.69 Å². The molecule has 0 aromatic carbocycles. The van der Waals surface area contributed by atoms with Crippen molar-refractivity contribution in [2.45, 2.75) is 26.8 Å². The third kappa shape index (κ3) is 3.00. The number of anilines is 1. The molecule has 3 aromatic rings. The fourth-order valence-corrected chi connectivity index (χ4v) is 3.12. The first-order valence-corrected chi connectivity index (χ1v) is 8.15. The Morgan fingerprint density at radius 2 is 2.17 bits per heavy atom. The first kappa shape index (κ1) is 15.4. The number of carbonyl (C=O) groups is 1. The zero-order valence-corrected chi connectivity index (χ0v) is 13.7.